The van der Waals surface area contributed by atoms with Crippen molar-refractivity contribution in [3.05, 3.63) is 22.4 Å². The first kappa shape index (κ1) is 12.6. The highest BCUT2D eigenvalue weighted by molar-refractivity contribution is 5.50. The lowest BCUT2D eigenvalue weighted by molar-refractivity contribution is 0.226. The number of nitrogens with one attached hydrogen (secondary N) is 2. The average Bonchev–Trinajstić information content (AvgIpc) is 2.70. The molecule has 2 heterocycles. The van der Waals surface area contributed by atoms with E-state index in [4.69, 9.17) is 5.11 Å². The van der Waals surface area contributed by atoms with Gasteiger partial charge in [0, 0.05) is 18.7 Å². The van der Waals surface area contributed by atoms with Crippen LogP contribution in [0.1, 0.15) is 19.7 Å². The first-order chi connectivity index (χ1) is 8.52. The van der Waals surface area contributed by atoms with Crippen LogP contribution in [-0.2, 0) is 0 Å². The first-order valence-electron chi connectivity index (χ1n) is 5.85. The summed E-state index contributed by atoms with van der Waals surface area (Å²) in [4.78, 5) is 15.7. The summed E-state index contributed by atoms with van der Waals surface area (Å²) in [6, 6.07) is 1.78. The fourth-order valence-electron chi connectivity index (χ4n) is 1.71. The first-order valence-corrected chi connectivity index (χ1v) is 5.85. The molecule has 0 radical (unpaired) electrons. The van der Waals surface area contributed by atoms with Crippen LogP contribution in [0.5, 0.6) is 0 Å². The number of aromatic nitrogens is 4. The topological polar surface area (TPSA) is 95.3 Å². The number of nitrogens with zero attached hydrogens (tertiary/aromatic N) is 3. The van der Waals surface area contributed by atoms with E-state index in [1.54, 1.807) is 13.0 Å². The second kappa shape index (κ2) is 4.77. The molecule has 7 heteroatoms. The van der Waals surface area contributed by atoms with E-state index >= 15 is 0 Å². The van der Waals surface area contributed by atoms with Crippen molar-refractivity contribution >= 4 is 11.5 Å². The number of hydrogen-bond acceptors (Lipinski definition) is 5. The van der Waals surface area contributed by atoms with Crippen LogP contribution in [-0.4, -0.2) is 37.3 Å². The molecule has 0 saturated carbocycles. The molecule has 3 N–H and O–H groups in total. The standard InChI is InChI=1S/C11H17N5O2/c1-6(5-17)7(2)12-9-4-10-14-15-11(18)16(10)8(3)13-9/h4,6-7,12,17H,5H2,1-3H3,(H,15,18). The molecule has 2 atom stereocenters. The Balaban J connectivity index is 2.33. The second-order valence-electron chi connectivity index (χ2n) is 4.50. The number of aliphatic hydroxyl groups excluding tert-OH is 1. The summed E-state index contributed by atoms with van der Waals surface area (Å²) in [5.41, 5.74) is 0.233. The minimum absolute atomic E-state index is 0.0787. The minimum atomic E-state index is -0.293. The van der Waals surface area contributed by atoms with Gasteiger partial charge in [-0.3, -0.25) is 0 Å². The Hall–Kier alpha value is -1.89. The Morgan fingerprint density at radius 3 is 2.94 bits per heavy atom. The van der Waals surface area contributed by atoms with E-state index in [0.29, 0.717) is 17.3 Å². The molecular formula is C11H17N5O2. The molecule has 0 saturated heterocycles. The van der Waals surface area contributed by atoms with Gasteiger partial charge in [-0.25, -0.2) is 19.3 Å². The zero-order valence-electron chi connectivity index (χ0n) is 10.6. The lowest BCUT2D eigenvalue weighted by Crippen LogP contribution is -2.27. The largest absolute Gasteiger partial charge is 0.396 e. The number of H-pyrrole nitrogens is 1. The molecule has 18 heavy (non-hydrogen) atoms. The van der Waals surface area contributed by atoms with Crippen molar-refractivity contribution in [1.82, 2.24) is 19.6 Å². The SMILES string of the molecule is Cc1nc(NC(C)C(C)CO)cc2n[nH]c(=O)n12. The molecule has 2 rings (SSSR count). The molecule has 0 aliphatic heterocycles. The van der Waals surface area contributed by atoms with Crippen molar-refractivity contribution < 1.29 is 5.11 Å². The Bertz CT molecular complexity index is 603. The van der Waals surface area contributed by atoms with Crippen LogP contribution in [0.25, 0.3) is 5.65 Å². The van der Waals surface area contributed by atoms with Gasteiger partial charge in [0.1, 0.15) is 11.6 Å². The molecular weight excluding hydrogens is 234 g/mol. The smallest absolute Gasteiger partial charge is 0.349 e. The van der Waals surface area contributed by atoms with Gasteiger partial charge in [-0.1, -0.05) is 6.92 Å². The van der Waals surface area contributed by atoms with E-state index in [0.717, 1.165) is 0 Å². The average molecular weight is 251 g/mol. The zero-order chi connectivity index (χ0) is 13.3. The van der Waals surface area contributed by atoms with E-state index in [2.05, 4.69) is 20.5 Å². The van der Waals surface area contributed by atoms with E-state index in [-0.39, 0.29) is 24.3 Å². The van der Waals surface area contributed by atoms with Crippen LogP contribution in [0, 0.1) is 12.8 Å². The summed E-state index contributed by atoms with van der Waals surface area (Å²) >= 11 is 0. The summed E-state index contributed by atoms with van der Waals surface area (Å²) in [6.45, 7) is 5.77. The van der Waals surface area contributed by atoms with Crippen LogP contribution in [0.4, 0.5) is 5.82 Å². The Morgan fingerprint density at radius 2 is 2.28 bits per heavy atom. The lowest BCUT2D eigenvalue weighted by atomic mass is 10.1. The van der Waals surface area contributed by atoms with Gasteiger partial charge in [-0.15, -0.1) is 0 Å². The van der Waals surface area contributed by atoms with Gasteiger partial charge in [0.05, 0.1) is 0 Å². The summed E-state index contributed by atoms with van der Waals surface area (Å²) in [6.07, 6.45) is 0. The molecule has 98 valence electrons. The van der Waals surface area contributed by atoms with Gasteiger partial charge in [-0.2, -0.15) is 5.10 Å². The molecule has 0 fully saturated rings. The van der Waals surface area contributed by atoms with E-state index in [1.807, 2.05) is 13.8 Å². The number of fused-ring (bicyclic) bond motifs is 1. The van der Waals surface area contributed by atoms with Crippen molar-refractivity contribution in [2.75, 3.05) is 11.9 Å². The zero-order valence-corrected chi connectivity index (χ0v) is 10.6. The van der Waals surface area contributed by atoms with Crippen LogP contribution < -0.4 is 11.0 Å². The Labute approximate surface area is 104 Å². The monoisotopic (exact) mass is 251 g/mol. The van der Waals surface area contributed by atoms with Gasteiger partial charge in [0.2, 0.25) is 0 Å². The number of hydrogen-bond donors (Lipinski definition) is 3. The fourth-order valence-corrected chi connectivity index (χ4v) is 1.71. The minimum Gasteiger partial charge on any atom is -0.396 e. The van der Waals surface area contributed by atoms with Crippen molar-refractivity contribution in [3.63, 3.8) is 0 Å². The van der Waals surface area contributed by atoms with Gasteiger partial charge < -0.3 is 10.4 Å². The number of anilines is 1. The van der Waals surface area contributed by atoms with Gasteiger partial charge >= 0.3 is 5.69 Å². The molecule has 0 bridgehead atoms. The van der Waals surface area contributed by atoms with E-state index in [1.165, 1.54) is 4.40 Å². The van der Waals surface area contributed by atoms with Crippen molar-refractivity contribution in [2.24, 2.45) is 5.92 Å². The molecule has 0 spiro atoms. The molecule has 0 aliphatic rings. The highest BCUT2D eigenvalue weighted by Gasteiger charge is 2.13. The van der Waals surface area contributed by atoms with Crippen LogP contribution in [0.15, 0.2) is 10.9 Å². The van der Waals surface area contributed by atoms with Gasteiger partial charge in [-0.05, 0) is 19.8 Å². The predicted octanol–water partition coefficient (Wildman–Crippen LogP) is 0.155. The number of rotatable bonds is 4. The molecule has 7 nitrogen and oxygen atoms in total. The third-order valence-corrected chi connectivity index (χ3v) is 3.09. The van der Waals surface area contributed by atoms with E-state index < -0.39 is 0 Å². The van der Waals surface area contributed by atoms with Crippen molar-refractivity contribution in [3.8, 4) is 0 Å². The number of aromatic amines is 1. The number of aliphatic hydroxyl groups is 1. The highest BCUT2D eigenvalue weighted by Crippen LogP contribution is 2.12. The van der Waals surface area contributed by atoms with Gasteiger partial charge in [0.15, 0.2) is 5.65 Å². The third kappa shape index (κ3) is 2.21. The van der Waals surface area contributed by atoms with E-state index in [9.17, 15) is 4.79 Å². The summed E-state index contributed by atoms with van der Waals surface area (Å²) in [5, 5.41) is 18.6. The Kier molecular flexibility index (Phi) is 3.33. The molecule has 2 aromatic heterocycles. The second-order valence-corrected chi connectivity index (χ2v) is 4.50. The molecule has 0 aliphatic carbocycles. The highest BCUT2D eigenvalue weighted by atomic mass is 16.3. The van der Waals surface area contributed by atoms with Crippen molar-refractivity contribution in [1.29, 1.82) is 0 Å². The molecule has 2 unspecified atom stereocenters. The van der Waals surface area contributed by atoms with Crippen molar-refractivity contribution in [2.45, 2.75) is 26.8 Å². The molecule has 2 aromatic rings. The molecule has 0 aromatic carbocycles. The normalized spacial score (nSPS) is 14.7. The summed E-state index contributed by atoms with van der Waals surface area (Å²) < 4.78 is 1.41. The van der Waals surface area contributed by atoms with Crippen LogP contribution in [0.2, 0.25) is 0 Å². The maximum Gasteiger partial charge on any atom is 0.349 e. The summed E-state index contributed by atoms with van der Waals surface area (Å²) in [7, 11) is 0. The third-order valence-electron chi connectivity index (χ3n) is 3.09. The maximum absolute atomic E-state index is 11.4. The summed E-state index contributed by atoms with van der Waals surface area (Å²) in [5.74, 6) is 1.33. The Morgan fingerprint density at radius 1 is 1.56 bits per heavy atom. The quantitative estimate of drug-likeness (QED) is 0.719. The van der Waals surface area contributed by atoms with Crippen LogP contribution >= 0.6 is 0 Å². The fraction of sp³-hybridized carbons (Fsp3) is 0.545. The lowest BCUT2D eigenvalue weighted by Gasteiger charge is -2.20. The van der Waals surface area contributed by atoms with Gasteiger partial charge in [0.25, 0.3) is 0 Å². The predicted molar refractivity (Wildman–Crippen MR) is 67.7 cm³/mol. The molecule has 0 amide bonds. The van der Waals surface area contributed by atoms with Crippen LogP contribution in [0.3, 0.4) is 0 Å². The number of aryl methyl sites for hydroxylation is 1. The maximum atomic E-state index is 11.4.